The zero-order chi connectivity index (χ0) is 11.5. The van der Waals surface area contributed by atoms with E-state index in [-0.39, 0.29) is 0 Å². The molecule has 0 amide bonds. The number of hydrogen-bond acceptors (Lipinski definition) is 3. The maximum Gasteiger partial charge on any atom is 0.0595 e. The van der Waals surface area contributed by atoms with Gasteiger partial charge in [-0.25, -0.2) is 0 Å². The van der Waals surface area contributed by atoms with Crippen molar-refractivity contribution in [3.05, 3.63) is 0 Å². The van der Waals surface area contributed by atoms with Crippen LogP contribution in [0.1, 0.15) is 33.1 Å². The molecule has 2 aliphatic rings. The number of methoxy groups -OCH3 is 1. The van der Waals surface area contributed by atoms with Gasteiger partial charge in [0.05, 0.1) is 6.10 Å². The third-order valence-corrected chi connectivity index (χ3v) is 4.25. The van der Waals surface area contributed by atoms with Gasteiger partial charge >= 0.3 is 0 Å². The van der Waals surface area contributed by atoms with E-state index >= 15 is 0 Å². The molecule has 16 heavy (non-hydrogen) atoms. The Hall–Kier alpha value is -0.120. The lowest BCUT2D eigenvalue weighted by molar-refractivity contribution is 0.0280. The first-order chi connectivity index (χ1) is 7.70. The summed E-state index contributed by atoms with van der Waals surface area (Å²) in [6.07, 6.45) is 4.30. The Morgan fingerprint density at radius 2 is 1.75 bits per heavy atom. The molecule has 0 radical (unpaired) electrons. The van der Waals surface area contributed by atoms with E-state index in [9.17, 15) is 0 Å². The molecule has 0 aromatic heterocycles. The zero-order valence-corrected chi connectivity index (χ0v) is 11.0. The lowest BCUT2D eigenvalue weighted by Gasteiger charge is -2.35. The first kappa shape index (κ1) is 12.3. The molecule has 0 N–H and O–H groups in total. The highest BCUT2D eigenvalue weighted by Crippen LogP contribution is 2.22. The van der Waals surface area contributed by atoms with Crippen molar-refractivity contribution in [3.8, 4) is 0 Å². The fourth-order valence-corrected chi connectivity index (χ4v) is 3.01. The molecule has 0 bridgehead atoms. The second-order valence-corrected chi connectivity index (χ2v) is 5.50. The lowest BCUT2D eigenvalue weighted by Crippen LogP contribution is -2.44. The van der Waals surface area contributed by atoms with E-state index in [4.69, 9.17) is 4.74 Å². The van der Waals surface area contributed by atoms with E-state index in [0.717, 1.165) is 6.04 Å². The standard InChI is InChI=1S/C13H26N2O/c1-11(2)15-7-4-12(10-15)14-8-5-13(16-3)6-9-14/h11-13H,4-10H2,1-3H3. The van der Waals surface area contributed by atoms with Crippen molar-refractivity contribution in [2.24, 2.45) is 0 Å². The van der Waals surface area contributed by atoms with Gasteiger partial charge in [-0.1, -0.05) is 0 Å². The summed E-state index contributed by atoms with van der Waals surface area (Å²) in [6.45, 7) is 9.63. The highest BCUT2D eigenvalue weighted by Gasteiger charge is 2.31. The molecule has 0 saturated carbocycles. The van der Waals surface area contributed by atoms with Crippen LogP contribution in [0.3, 0.4) is 0 Å². The zero-order valence-electron chi connectivity index (χ0n) is 11.0. The average molecular weight is 226 g/mol. The van der Waals surface area contributed by atoms with Crippen molar-refractivity contribution in [3.63, 3.8) is 0 Å². The summed E-state index contributed by atoms with van der Waals surface area (Å²) < 4.78 is 5.42. The fraction of sp³-hybridized carbons (Fsp3) is 1.00. The molecule has 2 aliphatic heterocycles. The van der Waals surface area contributed by atoms with Crippen molar-refractivity contribution < 1.29 is 4.74 Å². The predicted molar refractivity (Wildman–Crippen MR) is 66.7 cm³/mol. The number of likely N-dealkylation sites (tertiary alicyclic amines) is 2. The van der Waals surface area contributed by atoms with Crippen LogP contribution in [0.25, 0.3) is 0 Å². The fourth-order valence-electron chi connectivity index (χ4n) is 3.01. The number of piperidine rings is 1. The summed E-state index contributed by atoms with van der Waals surface area (Å²) in [7, 11) is 1.84. The molecular weight excluding hydrogens is 200 g/mol. The molecule has 2 rings (SSSR count). The van der Waals surface area contributed by atoms with Gasteiger partial charge in [-0.2, -0.15) is 0 Å². The Labute approximate surface area is 99.7 Å². The maximum atomic E-state index is 5.42. The summed E-state index contributed by atoms with van der Waals surface area (Å²) in [5.74, 6) is 0. The average Bonchev–Trinajstić information content (AvgIpc) is 2.78. The van der Waals surface area contributed by atoms with Gasteiger partial charge in [0.25, 0.3) is 0 Å². The summed E-state index contributed by atoms with van der Waals surface area (Å²) in [5, 5.41) is 0. The van der Waals surface area contributed by atoms with E-state index in [2.05, 4.69) is 23.6 Å². The first-order valence-electron chi connectivity index (χ1n) is 6.71. The third kappa shape index (κ3) is 2.76. The smallest absolute Gasteiger partial charge is 0.0595 e. The quantitative estimate of drug-likeness (QED) is 0.726. The van der Waals surface area contributed by atoms with Crippen molar-refractivity contribution in [1.82, 2.24) is 9.80 Å². The molecule has 3 heteroatoms. The Bertz CT molecular complexity index is 212. The van der Waals surface area contributed by atoms with Crippen LogP contribution in [0.5, 0.6) is 0 Å². The molecule has 0 spiro atoms. The Morgan fingerprint density at radius 3 is 2.25 bits per heavy atom. The van der Waals surface area contributed by atoms with Crippen LogP contribution in [0.15, 0.2) is 0 Å². The van der Waals surface area contributed by atoms with E-state index in [1.807, 2.05) is 7.11 Å². The molecule has 0 aromatic carbocycles. The first-order valence-corrected chi connectivity index (χ1v) is 6.71. The van der Waals surface area contributed by atoms with Crippen LogP contribution in [-0.2, 0) is 4.74 Å². The van der Waals surface area contributed by atoms with Gasteiger partial charge in [0, 0.05) is 45.4 Å². The Balaban J connectivity index is 1.78. The Kier molecular flexibility index (Phi) is 4.22. The summed E-state index contributed by atoms with van der Waals surface area (Å²) in [4.78, 5) is 5.28. The molecule has 2 fully saturated rings. The van der Waals surface area contributed by atoms with Gasteiger partial charge in [-0.3, -0.25) is 9.80 Å². The maximum absolute atomic E-state index is 5.42. The SMILES string of the molecule is COC1CCN(C2CCN(C(C)C)C2)CC1. The molecule has 3 nitrogen and oxygen atoms in total. The second-order valence-electron chi connectivity index (χ2n) is 5.50. The number of nitrogens with zero attached hydrogens (tertiary/aromatic N) is 2. The van der Waals surface area contributed by atoms with Crippen LogP contribution < -0.4 is 0 Å². The summed E-state index contributed by atoms with van der Waals surface area (Å²) in [5.41, 5.74) is 0. The van der Waals surface area contributed by atoms with Crippen molar-refractivity contribution >= 4 is 0 Å². The lowest BCUT2D eigenvalue weighted by atomic mass is 10.1. The molecule has 0 aliphatic carbocycles. The van der Waals surface area contributed by atoms with E-state index in [1.54, 1.807) is 0 Å². The summed E-state index contributed by atoms with van der Waals surface area (Å²) in [6, 6.07) is 1.52. The van der Waals surface area contributed by atoms with Crippen LogP contribution in [0.4, 0.5) is 0 Å². The number of ether oxygens (including phenoxy) is 1. The van der Waals surface area contributed by atoms with Gasteiger partial charge in [0.2, 0.25) is 0 Å². The van der Waals surface area contributed by atoms with Gasteiger partial charge in [-0.05, 0) is 33.1 Å². The largest absolute Gasteiger partial charge is 0.381 e. The van der Waals surface area contributed by atoms with Gasteiger partial charge < -0.3 is 4.74 Å². The van der Waals surface area contributed by atoms with E-state index < -0.39 is 0 Å². The number of hydrogen-bond donors (Lipinski definition) is 0. The third-order valence-electron chi connectivity index (χ3n) is 4.25. The van der Waals surface area contributed by atoms with Crippen LogP contribution in [0.2, 0.25) is 0 Å². The minimum Gasteiger partial charge on any atom is -0.381 e. The van der Waals surface area contributed by atoms with Crippen molar-refractivity contribution in [1.29, 1.82) is 0 Å². The van der Waals surface area contributed by atoms with Crippen molar-refractivity contribution in [2.75, 3.05) is 33.3 Å². The molecule has 1 unspecified atom stereocenters. The molecule has 2 heterocycles. The highest BCUT2D eigenvalue weighted by atomic mass is 16.5. The monoisotopic (exact) mass is 226 g/mol. The van der Waals surface area contributed by atoms with Gasteiger partial charge in [0.1, 0.15) is 0 Å². The van der Waals surface area contributed by atoms with Crippen LogP contribution in [0, 0.1) is 0 Å². The van der Waals surface area contributed by atoms with Crippen molar-refractivity contribution in [2.45, 2.75) is 51.3 Å². The molecule has 1 atom stereocenters. The minimum absolute atomic E-state index is 0.513. The van der Waals surface area contributed by atoms with E-state index in [0.29, 0.717) is 12.1 Å². The molecular formula is C13H26N2O. The topological polar surface area (TPSA) is 15.7 Å². The number of rotatable bonds is 3. The normalized spacial score (nSPS) is 30.4. The highest BCUT2D eigenvalue weighted by molar-refractivity contribution is 4.87. The van der Waals surface area contributed by atoms with Crippen LogP contribution >= 0.6 is 0 Å². The summed E-state index contributed by atoms with van der Waals surface area (Å²) >= 11 is 0. The van der Waals surface area contributed by atoms with E-state index in [1.165, 1.54) is 45.4 Å². The molecule has 0 aromatic rings. The second kappa shape index (κ2) is 5.48. The predicted octanol–water partition coefficient (Wildman–Crippen LogP) is 1.58. The van der Waals surface area contributed by atoms with Gasteiger partial charge in [-0.15, -0.1) is 0 Å². The molecule has 2 saturated heterocycles. The van der Waals surface area contributed by atoms with Gasteiger partial charge in [0.15, 0.2) is 0 Å². The molecule has 94 valence electrons. The van der Waals surface area contributed by atoms with Crippen LogP contribution in [-0.4, -0.2) is 61.3 Å². The Morgan fingerprint density at radius 1 is 1.06 bits per heavy atom. The minimum atomic E-state index is 0.513.